The number of hydrogen-bond donors (Lipinski definition) is 2. The van der Waals surface area contributed by atoms with Crippen molar-refractivity contribution in [1.82, 2.24) is 14.9 Å². The molecule has 0 radical (unpaired) electrons. The summed E-state index contributed by atoms with van der Waals surface area (Å²) in [6.45, 7) is 2.34. The quantitative estimate of drug-likeness (QED) is 0.382. The van der Waals surface area contributed by atoms with E-state index in [1.54, 1.807) is 17.0 Å². The van der Waals surface area contributed by atoms with Crippen molar-refractivity contribution < 1.29 is 13.6 Å². The van der Waals surface area contributed by atoms with Crippen molar-refractivity contribution >= 4 is 44.7 Å². The highest BCUT2D eigenvalue weighted by Crippen LogP contribution is 2.31. The molecule has 0 saturated carbocycles. The lowest BCUT2D eigenvalue weighted by molar-refractivity contribution is -0.117. The summed E-state index contributed by atoms with van der Waals surface area (Å²) in [4.78, 5) is 34.8. The molecule has 1 amide bonds. The van der Waals surface area contributed by atoms with Gasteiger partial charge in [-0.15, -0.1) is 11.3 Å². The van der Waals surface area contributed by atoms with Gasteiger partial charge in [0.1, 0.15) is 28.0 Å². The van der Waals surface area contributed by atoms with Crippen molar-refractivity contribution in [2.45, 2.75) is 13.5 Å². The van der Waals surface area contributed by atoms with Gasteiger partial charge in [-0.3, -0.25) is 14.5 Å². The molecule has 0 aliphatic rings. The molecule has 0 spiro atoms. The lowest BCUT2D eigenvalue weighted by Gasteiger charge is -2.19. The molecule has 2 aromatic heterocycles. The van der Waals surface area contributed by atoms with Gasteiger partial charge in [0.2, 0.25) is 5.91 Å². The number of carbonyl (C=O) groups excluding carboxylic acids is 1. The highest BCUT2D eigenvalue weighted by atomic mass is 35.5. The number of rotatable bonds is 7. The molecule has 4 aromatic rings. The van der Waals surface area contributed by atoms with Crippen molar-refractivity contribution in [2.75, 3.05) is 18.4 Å². The number of benzene rings is 2. The van der Waals surface area contributed by atoms with Crippen LogP contribution in [0.1, 0.15) is 12.7 Å². The Labute approximate surface area is 196 Å². The first-order chi connectivity index (χ1) is 15.9. The van der Waals surface area contributed by atoms with Crippen LogP contribution < -0.4 is 10.9 Å². The number of aromatic nitrogens is 2. The smallest absolute Gasteiger partial charge is 0.260 e. The molecule has 0 aliphatic heterocycles. The monoisotopic (exact) mass is 488 g/mol. The van der Waals surface area contributed by atoms with Gasteiger partial charge in [-0.25, -0.2) is 13.8 Å². The van der Waals surface area contributed by atoms with E-state index in [0.29, 0.717) is 27.6 Å². The van der Waals surface area contributed by atoms with Gasteiger partial charge in [0.25, 0.3) is 5.56 Å². The number of hydrogen-bond acceptors (Lipinski definition) is 5. The molecule has 170 valence electrons. The fourth-order valence-corrected chi connectivity index (χ4v) is 4.49. The van der Waals surface area contributed by atoms with Crippen LogP contribution in [0, 0.1) is 11.6 Å². The maximum atomic E-state index is 13.8. The Hall–Kier alpha value is -3.14. The number of thiophene rings is 1. The summed E-state index contributed by atoms with van der Waals surface area (Å²) in [7, 11) is 0. The number of para-hydroxylation sites is 1. The van der Waals surface area contributed by atoms with Crippen LogP contribution in [0.15, 0.2) is 52.6 Å². The lowest BCUT2D eigenvalue weighted by Crippen LogP contribution is -2.34. The zero-order valence-corrected chi connectivity index (χ0v) is 19.1. The fraction of sp³-hybridized carbons (Fsp3) is 0.174. The molecule has 4 rings (SSSR count). The number of H-pyrrole nitrogens is 1. The molecule has 0 aliphatic carbocycles. The van der Waals surface area contributed by atoms with Gasteiger partial charge in [0.15, 0.2) is 0 Å². The number of nitrogens with one attached hydrogen (secondary N) is 2. The molecule has 2 aromatic carbocycles. The number of carbonyl (C=O) groups is 1. The molecule has 0 atom stereocenters. The number of fused-ring (bicyclic) bond motifs is 1. The molecule has 2 N–H and O–H groups in total. The van der Waals surface area contributed by atoms with Gasteiger partial charge in [-0.05, 0) is 36.4 Å². The Morgan fingerprint density at radius 3 is 2.55 bits per heavy atom. The minimum atomic E-state index is -0.850. The third kappa shape index (κ3) is 5.11. The van der Waals surface area contributed by atoms with Crippen LogP contribution in [0.5, 0.6) is 0 Å². The second-order valence-corrected chi connectivity index (χ2v) is 8.59. The van der Waals surface area contributed by atoms with Crippen LogP contribution in [0.4, 0.5) is 14.5 Å². The number of amides is 1. The second-order valence-electron chi connectivity index (χ2n) is 7.30. The molecule has 6 nitrogen and oxygen atoms in total. The zero-order valence-electron chi connectivity index (χ0n) is 17.5. The van der Waals surface area contributed by atoms with Crippen molar-refractivity contribution in [3.8, 4) is 11.1 Å². The summed E-state index contributed by atoms with van der Waals surface area (Å²) < 4.78 is 27.6. The van der Waals surface area contributed by atoms with Crippen molar-refractivity contribution in [1.29, 1.82) is 0 Å². The molecule has 0 bridgehead atoms. The van der Waals surface area contributed by atoms with E-state index in [2.05, 4.69) is 15.3 Å². The molecule has 10 heteroatoms. The zero-order chi connectivity index (χ0) is 23.5. The van der Waals surface area contributed by atoms with Gasteiger partial charge in [-0.1, -0.05) is 36.7 Å². The molecular formula is C23H19ClF2N4O2S. The van der Waals surface area contributed by atoms with Crippen LogP contribution >= 0.6 is 22.9 Å². The van der Waals surface area contributed by atoms with Gasteiger partial charge in [0, 0.05) is 16.0 Å². The summed E-state index contributed by atoms with van der Waals surface area (Å²) in [5, 5.41) is 5.23. The number of halogens is 3. The van der Waals surface area contributed by atoms with E-state index in [4.69, 9.17) is 11.6 Å². The van der Waals surface area contributed by atoms with Crippen molar-refractivity contribution in [2.24, 2.45) is 0 Å². The fourth-order valence-electron chi connectivity index (χ4n) is 3.40. The van der Waals surface area contributed by atoms with E-state index in [1.807, 2.05) is 24.4 Å². The second kappa shape index (κ2) is 9.78. The van der Waals surface area contributed by atoms with Crippen LogP contribution in [-0.2, 0) is 11.3 Å². The minimum absolute atomic E-state index is 0.132. The Kier molecular flexibility index (Phi) is 6.83. The van der Waals surface area contributed by atoms with E-state index < -0.39 is 23.2 Å². The van der Waals surface area contributed by atoms with Gasteiger partial charge in [0.05, 0.1) is 18.5 Å². The molecule has 33 heavy (non-hydrogen) atoms. The van der Waals surface area contributed by atoms with Crippen LogP contribution in [-0.4, -0.2) is 33.9 Å². The third-order valence-corrected chi connectivity index (χ3v) is 6.19. The summed E-state index contributed by atoms with van der Waals surface area (Å²) in [5.74, 6) is -1.89. The topological polar surface area (TPSA) is 78.1 Å². The van der Waals surface area contributed by atoms with E-state index in [9.17, 15) is 18.4 Å². The highest BCUT2D eigenvalue weighted by molar-refractivity contribution is 7.17. The van der Waals surface area contributed by atoms with Gasteiger partial charge in [-0.2, -0.15) is 0 Å². The summed E-state index contributed by atoms with van der Waals surface area (Å²) in [5.41, 5.74) is 0.860. The largest absolute Gasteiger partial charge is 0.320 e. The molecule has 0 unspecified atom stereocenters. The summed E-state index contributed by atoms with van der Waals surface area (Å²) >= 11 is 7.30. The lowest BCUT2D eigenvalue weighted by atomic mass is 10.1. The van der Waals surface area contributed by atoms with Gasteiger partial charge >= 0.3 is 0 Å². The number of anilines is 1. The number of likely N-dealkylation sites (N-methyl/N-ethyl adjacent to an activating group) is 1. The first-order valence-electron chi connectivity index (χ1n) is 10.1. The summed E-state index contributed by atoms with van der Waals surface area (Å²) in [6.07, 6.45) is 0. The van der Waals surface area contributed by atoms with Crippen molar-refractivity contribution in [3.05, 3.63) is 80.7 Å². The Bertz CT molecular complexity index is 1350. The van der Waals surface area contributed by atoms with E-state index in [1.165, 1.54) is 17.4 Å². The molecule has 2 heterocycles. The average Bonchev–Trinajstić information content (AvgIpc) is 3.21. The Balaban J connectivity index is 1.52. The van der Waals surface area contributed by atoms with E-state index in [0.717, 1.165) is 23.3 Å². The SMILES string of the molecule is CCN(CC(=O)Nc1c(F)cccc1F)Cc1nc2scc(-c3ccc(Cl)cc3)c2c(=O)[nH]1. The third-order valence-electron chi connectivity index (χ3n) is 5.06. The maximum absolute atomic E-state index is 13.8. The first-order valence-corrected chi connectivity index (χ1v) is 11.3. The minimum Gasteiger partial charge on any atom is -0.320 e. The highest BCUT2D eigenvalue weighted by Gasteiger charge is 2.17. The number of nitrogens with zero attached hydrogens (tertiary/aromatic N) is 2. The van der Waals surface area contributed by atoms with E-state index >= 15 is 0 Å². The van der Waals surface area contributed by atoms with Crippen LogP contribution in [0.2, 0.25) is 5.02 Å². The van der Waals surface area contributed by atoms with Crippen molar-refractivity contribution in [3.63, 3.8) is 0 Å². The Morgan fingerprint density at radius 2 is 1.88 bits per heavy atom. The first kappa shape index (κ1) is 23.0. The van der Waals surface area contributed by atoms with Crippen LogP contribution in [0.3, 0.4) is 0 Å². The predicted octanol–water partition coefficient (Wildman–Crippen LogP) is 5.04. The molecular weight excluding hydrogens is 470 g/mol. The average molecular weight is 489 g/mol. The molecule has 0 saturated heterocycles. The van der Waals surface area contributed by atoms with E-state index in [-0.39, 0.29) is 18.6 Å². The Morgan fingerprint density at radius 1 is 1.18 bits per heavy atom. The normalized spacial score (nSPS) is 11.3. The maximum Gasteiger partial charge on any atom is 0.260 e. The van der Waals surface area contributed by atoms with Gasteiger partial charge < -0.3 is 10.3 Å². The summed E-state index contributed by atoms with van der Waals surface area (Å²) in [6, 6.07) is 10.6. The van der Waals surface area contributed by atoms with Crippen LogP contribution in [0.25, 0.3) is 21.3 Å². The number of aromatic amines is 1. The predicted molar refractivity (Wildman–Crippen MR) is 127 cm³/mol. The molecule has 0 fully saturated rings. The standard InChI is InChI=1S/C23H19ClF2N4O2S/c1-2-30(11-19(31)29-21-16(25)4-3-5-17(21)26)10-18-27-22(32)20-15(12-33-23(20)28-18)13-6-8-14(24)9-7-13/h3-9,12H,2,10-11H2,1H3,(H,29,31)(H,27,28,32).